The summed E-state index contributed by atoms with van der Waals surface area (Å²) in [5.41, 5.74) is 3.19. The Morgan fingerprint density at radius 3 is 2.67 bits per heavy atom. The van der Waals surface area contributed by atoms with Crippen molar-refractivity contribution in [2.75, 3.05) is 31.2 Å². The summed E-state index contributed by atoms with van der Waals surface area (Å²) in [6.45, 7) is 3.77. The summed E-state index contributed by atoms with van der Waals surface area (Å²) in [5, 5.41) is 5.57. The predicted molar refractivity (Wildman–Crippen MR) is 114 cm³/mol. The second-order valence-electron chi connectivity index (χ2n) is 8.12. The van der Waals surface area contributed by atoms with Gasteiger partial charge in [0.2, 0.25) is 0 Å². The molecule has 9 heteroatoms. The summed E-state index contributed by atoms with van der Waals surface area (Å²) in [6, 6.07) is 10.1. The van der Waals surface area contributed by atoms with E-state index in [-0.39, 0.29) is 5.91 Å². The average Bonchev–Trinajstić information content (AvgIpc) is 3.44. The molecule has 30 heavy (non-hydrogen) atoms. The Balaban J connectivity index is 1.27. The van der Waals surface area contributed by atoms with Crippen LogP contribution in [0.4, 0.5) is 5.82 Å². The van der Waals surface area contributed by atoms with Crippen molar-refractivity contribution in [1.82, 2.24) is 19.5 Å². The molecule has 2 aromatic heterocycles. The van der Waals surface area contributed by atoms with Crippen molar-refractivity contribution in [1.29, 1.82) is 0 Å². The average molecular weight is 421 g/mol. The third-order valence-corrected chi connectivity index (χ3v) is 7.13. The van der Waals surface area contributed by atoms with Crippen LogP contribution in [0.1, 0.15) is 6.42 Å². The lowest BCUT2D eigenvalue weighted by Crippen LogP contribution is -2.44. The van der Waals surface area contributed by atoms with Gasteiger partial charge in [0.05, 0.1) is 24.9 Å². The van der Waals surface area contributed by atoms with Gasteiger partial charge in [-0.2, -0.15) is 5.10 Å². The number of benzene rings is 1. The highest BCUT2D eigenvalue weighted by Crippen LogP contribution is 2.39. The third kappa shape index (κ3) is 2.77. The molecule has 1 spiro atoms. The number of nitrogens with zero attached hydrogens (tertiary/aromatic N) is 4. The molecule has 0 aliphatic carbocycles. The monoisotopic (exact) mass is 421 g/mol. The van der Waals surface area contributed by atoms with Crippen LogP contribution < -0.4 is 9.62 Å². The van der Waals surface area contributed by atoms with Crippen LogP contribution in [0.5, 0.6) is 0 Å². The zero-order valence-corrected chi connectivity index (χ0v) is 16.9. The Labute approximate surface area is 175 Å². The number of carbonyl (C=O) groups is 1. The molecule has 0 saturated carbocycles. The van der Waals surface area contributed by atoms with Crippen molar-refractivity contribution in [3.63, 3.8) is 0 Å². The van der Waals surface area contributed by atoms with Gasteiger partial charge in [-0.15, -0.1) is 0 Å². The fourth-order valence-electron chi connectivity index (χ4n) is 4.37. The van der Waals surface area contributed by atoms with Gasteiger partial charge in [-0.25, -0.2) is 13.9 Å². The summed E-state index contributed by atoms with van der Waals surface area (Å²) in [7, 11) is -1.58. The third-order valence-electron chi connectivity index (χ3n) is 6.07. The van der Waals surface area contributed by atoms with E-state index in [4.69, 9.17) is 9.72 Å². The summed E-state index contributed by atoms with van der Waals surface area (Å²) < 4.78 is 21.4. The number of aromatic nitrogens is 3. The first kappa shape index (κ1) is 17.8. The number of hydrogen-bond donors (Lipinski definition) is 1. The molecule has 3 aliphatic heterocycles. The molecule has 6 rings (SSSR count). The maximum absolute atomic E-state index is 12.1. The lowest BCUT2D eigenvalue weighted by molar-refractivity contribution is -0.114. The van der Waals surface area contributed by atoms with Gasteiger partial charge in [-0.1, -0.05) is 6.07 Å². The van der Waals surface area contributed by atoms with Gasteiger partial charge in [0.1, 0.15) is 5.82 Å². The standard InChI is InChI=1S/C21H19N5O3S/c27-19-8-20(30(28)24-19)26-17-3-1-14(7-16(17)10-23-26)15-2-4-18(22-9-15)25-6-5-21(11-25)12-29-13-21/h1-4,7-10H,5-6,11-13H2,(H,24,27). The summed E-state index contributed by atoms with van der Waals surface area (Å²) in [4.78, 5) is 18.5. The highest BCUT2D eigenvalue weighted by Gasteiger charge is 2.44. The van der Waals surface area contributed by atoms with E-state index in [1.165, 1.54) is 12.5 Å². The van der Waals surface area contributed by atoms with Gasteiger partial charge < -0.3 is 9.64 Å². The second kappa shape index (κ2) is 6.48. The Morgan fingerprint density at radius 2 is 2.00 bits per heavy atom. The van der Waals surface area contributed by atoms with Crippen molar-refractivity contribution in [2.45, 2.75) is 6.42 Å². The molecule has 1 amide bonds. The minimum atomic E-state index is -1.58. The number of anilines is 1. The number of nitrogens with one attached hydrogen (secondary N) is 1. The molecule has 2 saturated heterocycles. The van der Waals surface area contributed by atoms with E-state index in [0.29, 0.717) is 10.4 Å². The molecule has 0 bridgehead atoms. The molecular formula is C21H19N5O3S. The van der Waals surface area contributed by atoms with Gasteiger partial charge in [0.25, 0.3) is 5.91 Å². The van der Waals surface area contributed by atoms with E-state index in [0.717, 1.165) is 54.2 Å². The first-order valence-electron chi connectivity index (χ1n) is 9.82. The maximum Gasteiger partial charge on any atom is 0.258 e. The number of ether oxygens (including phenoxy) is 1. The van der Waals surface area contributed by atoms with Crippen LogP contribution in [0.3, 0.4) is 0 Å². The number of pyridine rings is 1. The number of hydrogen-bond acceptors (Lipinski definition) is 6. The first-order valence-corrected chi connectivity index (χ1v) is 11.0. The van der Waals surface area contributed by atoms with Crippen LogP contribution in [0.15, 0.2) is 48.8 Å². The summed E-state index contributed by atoms with van der Waals surface area (Å²) in [5.74, 6) is 0.632. The van der Waals surface area contributed by atoms with Crippen LogP contribution in [0.25, 0.3) is 27.1 Å². The Morgan fingerprint density at radius 1 is 1.13 bits per heavy atom. The SMILES string of the molecule is O=C1C=C(n2ncc3cc(-c4ccc(N5CCC6(COC6)C5)nc4)ccc32)S(=O)N1. The van der Waals surface area contributed by atoms with E-state index in [9.17, 15) is 9.00 Å². The largest absolute Gasteiger partial charge is 0.380 e. The van der Waals surface area contributed by atoms with Crippen LogP contribution >= 0.6 is 0 Å². The normalized spacial score (nSPS) is 22.4. The zero-order valence-electron chi connectivity index (χ0n) is 16.1. The van der Waals surface area contributed by atoms with Gasteiger partial charge in [-0.05, 0) is 36.2 Å². The lowest BCUT2D eigenvalue weighted by atomic mass is 9.85. The van der Waals surface area contributed by atoms with Gasteiger partial charge >= 0.3 is 0 Å². The first-order chi connectivity index (χ1) is 14.6. The van der Waals surface area contributed by atoms with Crippen LogP contribution in [-0.4, -0.2) is 51.2 Å². The number of fused-ring (bicyclic) bond motifs is 1. The minimum Gasteiger partial charge on any atom is -0.380 e. The lowest BCUT2D eigenvalue weighted by Gasteiger charge is -2.37. The van der Waals surface area contributed by atoms with E-state index >= 15 is 0 Å². The summed E-state index contributed by atoms with van der Waals surface area (Å²) in [6.07, 6.45) is 6.10. The van der Waals surface area contributed by atoms with E-state index in [1.807, 2.05) is 24.4 Å². The van der Waals surface area contributed by atoms with Crippen molar-refractivity contribution >= 4 is 38.6 Å². The molecule has 152 valence electrons. The molecule has 1 atom stereocenters. The van der Waals surface area contributed by atoms with Gasteiger partial charge in [-0.3, -0.25) is 9.52 Å². The fourth-order valence-corrected chi connectivity index (χ4v) is 5.23. The fraction of sp³-hybridized carbons (Fsp3) is 0.286. The van der Waals surface area contributed by atoms with Gasteiger partial charge in [0.15, 0.2) is 16.0 Å². The molecule has 1 N–H and O–H groups in total. The van der Waals surface area contributed by atoms with Crippen LogP contribution in [0, 0.1) is 5.41 Å². The molecular weight excluding hydrogens is 402 g/mol. The Hall–Kier alpha value is -3.04. The molecule has 0 radical (unpaired) electrons. The highest BCUT2D eigenvalue weighted by molar-refractivity contribution is 7.93. The molecule has 2 fully saturated rings. The van der Waals surface area contributed by atoms with Gasteiger partial charge in [0, 0.05) is 41.7 Å². The Bertz CT molecular complexity index is 1230. The summed E-state index contributed by atoms with van der Waals surface area (Å²) >= 11 is 0. The van der Waals surface area contributed by atoms with E-state index in [1.54, 1.807) is 10.9 Å². The molecule has 1 unspecified atom stereocenters. The molecule has 3 aliphatic rings. The molecule has 5 heterocycles. The number of carbonyl (C=O) groups excluding carboxylic acids is 1. The molecule has 3 aromatic rings. The number of amides is 1. The predicted octanol–water partition coefficient (Wildman–Crippen LogP) is 1.92. The smallest absolute Gasteiger partial charge is 0.258 e. The van der Waals surface area contributed by atoms with Crippen LogP contribution in [0.2, 0.25) is 0 Å². The van der Waals surface area contributed by atoms with Crippen molar-refractivity contribution < 1.29 is 13.7 Å². The Kier molecular flexibility index (Phi) is 3.84. The topological polar surface area (TPSA) is 89.3 Å². The van der Waals surface area contributed by atoms with Crippen molar-refractivity contribution in [3.8, 4) is 11.1 Å². The van der Waals surface area contributed by atoms with E-state index in [2.05, 4.69) is 26.9 Å². The number of rotatable bonds is 3. The zero-order chi connectivity index (χ0) is 20.3. The van der Waals surface area contributed by atoms with E-state index < -0.39 is 11.0 Å². The maximum atomic E-state index is 12.1. The quantitative estimate of drug-likeness (QED) is 0.695. The highest BCUT2D eigenvalue weighted by atomic mass is 32.2. The molecule has 1 aromatic carbocycles. The molecule has 8 nitrogen and oxygen atoms in total. The minimum absolute atomic E-state index is 0.337. The van der Waals surface area contributed by atoms with Crippen molar-refractivity contribution in [2.24, 2.45) is 5.41 Å². The van der Waals surface area contributed by atoms with Crippen molar-refractivity contribution in [3.05, 3.63) is 48.8 Å². The second-order valence-corrected chi connectivity index (χ2v) is 9.28. The van der Waals surface area contributed by atoms with Crippen LogP contribution in [-0.2, 0) is 20.5 Å².